The number of aromatic nitrogens is 3. The average molecular weight is 547 g/mol. The molecule has 0 aliphatic carbocycles. The Morgan fingerprint density at radius 3 is 2.26 bits per heavy atom. The highest BCUT2D eigenvalue weighted by Gasteiger charge is 2.32. The maximum atomic E-state index is 13.3. The van der Waals surface area contributed by atoms with E-state index in [0.717, 1.165) is 22.4 Å². The van der Waals surface area contributed by atoms with Crippen LogP contribution in [0.3, 0.4) is 0 Å². The van der Waals surface area contributed by atoms with Crippen molar-refractivity contribution in [2.75, 3.05) is 5.32 Å². The number of furan rings is 1. The number of hydrogen-bond acceptors (Lipinski definition) is 5. The number of H-pyrrole nitrogens is 1. The molecule has 5 rings (SSSR count). The summed E-state index contributed by atoms with van der Waals surface area (Å²) in [7, 11) is 0. The summed E-state index contributed by atoms with van der Waals surface area (Å²) in [5, 5.41) is 11.4. The summed E-state index contributed by atoms with van der Waals surface area (Å²) in [5.41, 5.74) is 4.14. The van der Waals surface area contributed by atoms with E-state index in [4.69, 9.17) is 32.6 Å². The first kappa shape index (κ1) is 25.7. The Balaban J connectivity index is 1.79. The van der Waals surface area contributed by atoms with E-state index >= 15 is 0 Å². The van der Waals surface area contributed by atoms with Crippen molar-refractivity contribution >= 4 is 51.7 Å². The van der Waals surface area contributed by atoms with Crippen LogP contribution < -0.4 is 5.32 Å². The molecule has 0 spiro atoms. The summed E-state index contributed by atoms with van der Waals surface area (Å²) in [5.74, 6) is -0.533. The monoisotopic (exact) mass is 546 g/mol. The van der Waals surface area contributed by atoms with E-state index in [1.807, 2.05) is 42.5 Å². The fourth-order valence-electron chi connectivity index (χ4n) is 4.17. The Morgan fingerprint density at radius 1 is 0.947 bits per heavy atom. The summed E-state index contributed by atoms with van der Waals surface area (Å²) in [6.45, 7) is 6.75. The smallest absolute Gasteiger partial charge is 0.229 e. The molecule has 2 aromatic carbocycles. The lowest BCUT2D eigenvalue weighted by Crippen LogP contribution is -2.21. The Kier molecular flexibility index (Phi) is 6.59. The highest BCUT2D eigenvalue weighted by atomic mass is 35.5. The molecule has 0 saturated carbocycles. The summed E-state index contributed by atoms with van der Waals surface area (Å²) in [4.78, 5) is 30.2. The van der Waals surface area contributed by atoms with Gasteiger partial charge in [-0.25, -0.2) is 4.98 Å². The van der Waals surface area contributed by atoms with Crippen molar-refractivity contribution < 1.29 is 14.0 Å². The van der Waals surface area contributed by atoms with Gasteiger partial charge in [-0.3, -0.25) is 14.7 Å². The van der Waals surface area contributed by atoms with E-state index in [1.54, 1.807) is 39.1 Å². The fourth-order valence-corrected chi connectivity index (χ4v) is 4.56. The highest BCUT2D eigenvalue weighted by Crippen LogP contribution is 2.42. The third-order valence-electron chi connectivity index (χ3n) is 6.05. The number of carbonyl (C=O) groups excluding carboxylic acids is 2. The van der Waals surface area contributed by atoms with E-state index in [2.05, 4.69) is 15.5 Å². The van der Waals surface area contributed by atoms with Crippen molar-refractivity contribution in [3.05, 3.63) is 76.6 Å². The number of hydrogen-bond donors (Lipinski definition) is 2. The second-order valence-corrected chi connectivity index (χ2v) is 10.8. The largest absolute Gasteiger partial charge is 0.432 e. The zero-order valence-corrected chi connectivity index (χ0v) is 22.7. The van der Waals surface area contributed by atoms with Crippen LogP contribution in [-0.2, 0) is 4.79 Å². The van der Waals surface area contributed by atoms with Crippen LogP contribution in [0, 0.1) is 5.41 Å². The fraction of sp³-hybridized carbons (Fsp3) is 0.172. The lowest BCUT2D eigenvalue weighted by Gasteiger charge is -2.15. The number of nitrogens with zero attached hydrogens (tertiary/aromatic N) is 2. The molecule has 0 atom stereocenters. The van der Waals surface area contributed by atoms with Crippen molar-refractivity contribution in [2.45, 2.75) is 27.7 Å². The molecule has 0 unspecified atom stereocenters. The predicted octanol–water partition coefficient (Wildman–Crippen LogP) is 8.05. The number of pyridine rings is 1. The number of benzene rings is 2. The van der Waals surface area contributed by atoms with Crippen LogP contribution in [0.5, 0.6) is 0 Å². The molecule has 9 heteroatoms. The Hall–Kier alpha value is -3.94. The number of amides is 1. The molecule has 192 valence electrons. The van der Waals surface area contributed by atoms with Crippen molar-refractivity contribution in [3.8, 4) is 33.6 Å². The van der Waals surface area contributed by atoms with Crippen molar-refractivity contribution in [1.29, 1.82) is 0 Å². The molecule has 7 nitrogen and oxygen atoms in total. The standard InChI is InChI=1S/C29H24Cl2N4O3/c1-15(36)33-25-21-14-20(16-5-8-18(30)9-6-16)24(34-28(21)38-26(25)27(37)29(2,3)4)19-10-7-17(13-22(19)31)23-11-12-32-35-23/h5-14H,1-4H3,(H,32,35)(H,33,36). The highest BCUT2D eigenvalue weighted by molar-refractivity contribution is 6.34. The van der Waals surface area contributed by atoms with Gasteiger partial charge in [-0.05, 0) is 35.9 Å². The molecule has 2 N–H and O–H groups in total. The first-order valence-corrected chi connectivity index (χ1v) is 12.6. The molecule has 5 aromatic rings. The molecule has 1 amide bonds. The van der Waals surface area contributed by atoms with Gasteiger partial charge in [0, 0.05) is 40.2 Å². The molecule has 3 aromatic heterocycles. The predicted molar refractivity (Wildman–Crippen MR) is 151 cm³/mol. The molecule has 0 bridgehead atoms. The third kappa shape index (κ3) is 4.83. The van der Waals surface area contributed by atoms with Crippen LogP contribution >= 0.6 is 23.2 Å². The molecule has 0 fully saturated rings. The van der Waals surface area contributed by atoms with Gasteiger partial charge in [0.2, 0.25) is 17.4 Å². The number of anilines is 1. The first-order valence-electron chi connectivity index (χ1n) is 11.9. The Labute approximate surface area is 229 Å². The minimum Gasteiger partial charge on any atom is -0.432 e. The molecular weight excluding hydrogens is 523 g/mol. The first-order chi connectivity index (χ1) is 18.0. The number of rotatable bonds is 5. The second-order valence-electron chi connectivity index (χ2n) is 9.96. The summed E-state index contributed by atoms with van der Waals surface area (Å²) in [6.07, 6.45) is 1.74. The van der Waals surface area contributed by atoms with E-state index in [-0.39, 0.29) is 23.2 Å². The minimum absolute atomic E-state index is 0.0504. The topological polar surface area (TPSA) is 101 Å². The summed E-state index contributed by atoms with van der Waals surface area (Å²) in [6, 6.07) is 16.6. The van der Waals surface area contributed by atoms with Crippen molar-refractivity contribution in [3.63, 3.8) is 0 Å². The maximum Gasteiger partial charge on any atom is 0.229 e. The number of carbonyl (C=O) groups is 2. The van der Waals surface area contributed by atoms with Gasteiger partial charge in [-0.2, -0.15) is 5.10 Å². The van der Waals surface area contributed by atoms with Crippen LogP contribution in [0.25, 0.3) is 44.7 Å². The van der Waals surface area contributed by atoms with Gasteiger partial charge in [0.25, 0.3) is 0 Å². The van der Waals surface area contributed by atoms with E-state index in [1.165, 1.54) is 6.92 Å². The lowest BCUT2D eigenvalue weighted by atomic mass is 9.88. The van der Waals surface area contributed by atoms with Gasteiger partial charge in [-0.1, -0.05) is 68.2 Å². The molecular formula is C29H24Cl2N4O3. The number of nitrogens with one attached hydrogen (secondary N) is 2. The Morgan fingerprint density at radius 2 is 1.66 bits per heavy atom. The van der Waals surface area contributed by atoms with Gasteiger partial charge in [0.05, 0.1) is 21.8 Å². The van der Waals surface area contributed by atoms with Gasteiger partial charge >= 0.3 is 0 Å². The van der Waals surface area contributed by atoms with Crippen LogP contribution in [0.1, 0.15) is 38.2 Å². The molecule has 0 saturated heterocycles. The van der Waals surface area contributed by atoms with Gasteiger partial charge in [-0.15, -0.1) is 0 Å². The minimum atomic E-state index is -0.742. The molecule has 0 aliphatic rings. The van der Waals surface area contributed by atoms with E-state index < -0.39 is 5.41 Å². The van der Waals surface area contributed by atoms with Gasteiger partial charge in [0.15, 0.2) is 5.76 Å². The van der Waals surface area contributed by atoms with Crippen LogP contribution in [-0.4, -0.2) is 26.9 Å². The zero-order chi connectivity index (χ0) is 27.2. The summed E-state index contributed by atoms with van der Waals surface area (Å²) < 4.78 is 6.03. The third-order valence-corrected chi connectivity index (χ3v) is 6.61. The van der Waals surface area contributed by atoms with E-state index in [0.29, 0.717) is 32.4 Å². The van der Waals surface area contributed by atoms with Gasteiger partial charge < -0.3 is 9.73 Å². The normalized spacial score (nSPS) is 11.6. The average Bonchev–Trinajstić information content (AvgIpc) is 3.51. The number of Topliss-reactive ketones (excluding diaryl/α,β-unsaturated/α-hetero) is 1. The zero-order valence-electron chi connectivity index (χ0n) is 21.1. The SMILES string of the molecule is CC(=O)Nc1c(C(=O)C(C)(C)C)oc2nc(-c3ccc(-c4cc[nH]n4)cc3Cl)c(-c3ccc(Cl)cc3)cc12. The second kappa shape index (κ2) is 9.74. The van der Waals surface area contributed by atoms with Crippen LogP contribution in [0.4, 0.5) is 5.69 Å². The molecule has 0 aliphatic heterocycles. The van der Waals surface area contributed by atoms with Crippen LogP contribution in [0.15, 0.2) is 65.2 Å². The van der Waals surface area contributed by atoms with E-state index in [9.17, 15) is 9.59 Å². The Bertz CT molecular complexity index is 1680. The molecule has 0 radical (unpaired) electrons. The number of ketones is 1. The maximum absolute atomic E-state index is 13.3. The quantitative estimate of drug-likeness (QED) is 0.217. The number of fused-ring (bicyclic) bond motifs is 1. The van der Waals surface area contributed by atoms with Crippen molar-refractivity contribution in [1.82, 2.24) is 15.2 Å². The molecule has 3 heterocycles. The van der Waals surface area contributed by atoms with Crippen molar-refractivity contribution in [2.24, 2.45) is 5.41 Å². The number of halogens is 2. The van der Waals surface area contributed by atoms with Crippen LogP contribution in [0.2, 0.25) is 10.0 Å². The lowest BCUT2D eigenvalue weighted by molar-refractivity contribution is -0.114. The van der Waals surface area contributed by atoms with Gasteiger partial charge in [0.1, 0.15) is 5.69 Å². The number of aromatic amines is 1. The molecule has 38 heavy (non-hydrogen) atoms. The summed E-state index contributed by atoms with van der Waals surface area (Å²) >= 11 is 13.0.